The Hall–Kier alpha value is -2.91. The summed E-state index contributed by atoms with van der Waals surface area (Å²) in [5.74, 6) is 1.13. The van der Waals surface area contributed by atoms with E-state index in [4.69, 9.17) is 16.3 Å². The molecular formula is C25H23ClN2O. The summed E-state index contributed by atoms with van der Waals surface area (Å²) in [4.78, 5) is 8.91. The van der Waals surface area contributed by atoms with Gasteiger partial charge in [-0.25, -0.2) is 4.98 Å². The van der Waals surface area contributed by atoms with E-state index in [0.29, 0.717) is 10.9 Å². The van der Waals surface area contributed by atoms with Gasteiger partial charge in [-0.3, -0.25) is 4.98 Å². The van der Waals surface area contributed by atoms with Crippen LogP contribution in [0.3, 0.4) is 0 Å². The highest BCUT2D eigenvalue weighted by molar-refractivity contribution is 6.31. The number of nitrogens with zero attached hydrogens (tertiary/aromatic N) is 2. The van der Waals surface area contributed by atoms with Crippen LogP contribution in [0.1, 0.15) is 29.2 Å². The molecule has 0 N–H and O–H groups in total. The summed E-state index contributed by atoms with van der Waals surface area (Å²) >= 11 is 6.31. The van der Waals surface area contributed by atoms with E-state index in [-0.39, 0.29) is 0 Å². The van der Waals surface area contributed by atoms with Crippen LogP contribution in [0.2, 0.25) is 5.02 Å². The van der Waals surface area contributed by atoms with Gasteiger partial charge in [0.1, 0.15) is 10.8 Å². The second-order valence-electron chi connectivity index (χ2n) is 7.19. The topological polar surface area (TPSA) is 35.0 Å². The van der Waals surface area contributed by atoms with E-state index in [1.54, 1.807) is 12.4 Å². The molecule has 0 bridgehead atoms. The lowest BCUT2D eigenvalue weighted by Crippen LogP contribution is -1.99. The second-order valence-corrected chi connectivity index (χ2v) is 7.60. The largest absolute Gasteiger partial charge is 0.437 e. The summed E-state index contributed by atoms with van der Waals surface area (Å²) in [7, 11) is 0. The van der Waals surface area contributed by atoms with Gasteiger partial charge in [0.15, 0.2) is 0 Å². The highest BCUT2D eigenvalue weighted by Gasteiger charge is 2.12. The summed E-state index contributed by atoms with van der Waals surface area (Å²) in [6, 6.07) is 18.7. The Morgan fingerprint density at radius 1 is 0.931 bits per heavy atom. The number of ether oxygens (including phenoxy) is 1. The predicted octanol–water partition coefficient (Wildman–Crippen LogP) is 6.73. The Kier molecular flexibility index (Phi) is 5.77. The van der Waals surface area contributed by atoms with Crippen LogP contribution in [-0.2, 0) is 19.3 Å². The van der Waals surface area contributed by atoms with Crippen molar-refractivity contribution in [2.24, 2.45) is 0 Å². The average Bonchev–Trinajstić information content (AvgIpc) is 2.74. The Balaban J connectivity index is 1.67. The number of aromatic nitrogens is 2. The third-order valence-electron chi connectivity index (χ3n) is 5.08. The smallest absolute Gasteiger partial charge is 0.238 e. The molecule has 0 aliphatic rings. The van der Waals surface area contributed by atoms with E-state index in [1.165, 1.54) is 16.7 Å². The minimum Gasteiger partial charge on any atom is -0.437 e. The zero-order valence-corrected chi connectivity index (χ0v) is 17.4. The second kappa shape index (κ2) is 8.62. The lowest BCUT2D eigenvalue weighted by molar-refractivity contribution is 0.468. The minimum absolute atomic E-state index is 0.413. The van der Waals surface area contributed by atoms with E-state index >= 15 is 0 Å². The zero-order chi connectivity index (χ0) is 20.2. The van der Waals surface area contributed by atoms with Crippen molar-refractivity contribution in [2.75, 3.05) is 0 Å². The number of hydrogen-bond acceptors (Lipinski definition) is 3. The van der Waals surface area contributed by atoms with E-state index in [2.05, 4.69) is 59.4 Å². The molecule has 0 aliphatic carbocycles. The van der Waals surface area contributed by atoms with Gasteiger partial charge in [0, 0.05) is 17.8 Å². The SMILES string of the molecule is CCc1cc2c(Oc3ncc(C)cc3Cl)ccnc2cc1CCc1ccccc1. The van der Waals surface area contributed by atoms with Crippen molar-refractivity contribution in [3.8, 4) is 11.6 Å². The van der Waals surface area contributed by atoms with Gasteiger partial charge in [0.2, 0.25) is 5.88 Å². The monoisotopic (exact) mass is 402 g/mol. The van der Waals surface area contributed by atoms with E-state index in [0.717, 1.165) is 41.5 Å². The van der Waals surface area contributed by atoms with Crippen molar-refractivity contribution < 1.29 is 4.74 Å². The van der Waals surface area contributed by atoms with Gasteiger partial charge in [-0.1, -0.05) is 48.9 Å². The van der Waals surface area contributed by atoms with Gasteiger partial charge >= 0.3 is 0 Å². The first-order valence-corrected chi connectivity index (χ1v) is 10.3. The number of fused-ring (bicyclic) bond motifs is 1. The molecule has 4 aromatic rings. The van der Waals surface area contributed by atoms with Gasteiger partial charge in [0.05, 0.1) is 5.52 Å². The van der Waals surface area contributed by atoms with Crippen LogP contribution in [0.4, 0.5) is 0 Å². The fraction of sp³-hybridized carbons (Fsp3) is 0.200. The fourth-order valence-electron chi connectivity index (χ4n) is 3.53. The summed E-state index contributed by atoms with van der Waals surface area (Å²) in [5.41, 5.74) is 5.92. The van der Waals surface area contributed by atoms with Crippen molar-refractivity contribution in [3.05, 3.63) is 94.3 Å². The van der Waals surface area contributed by atoms with Crippen molar-refractivity contribution in [1.29, 1.82) is 0 Å². The maximum Gasteiger partial charge on any atom is 0.238 e. The average molecular weight is 403 g/mol. The minimum atomic E-state index is 0.413. The van der Waals surface area contributed by atoms with Crippen LogP contribution in [0.25, 0.3) is 10.9 Å². The first-order chi connectivity index (χ1) is 14.1. The predicted molar refractivity (Wildman–Crippen MR) is 119 cm³/mol. The molecule has 4 rings (SSSR count). The molecule has 2 aromatic carbocycles. The summed E-state index contributed by atoms with van der Waals surface area (Å²) in [6.45, 7) is 4.14. The van der Waals surface area contributed by atoms with Crippen LogP contribution >= 0.6 is 11.6 Å². The molecule has 0 atom stereocenters. The van der Waals surface area contributed by atoms with E-state index in [9.17, 15) is 0 Å². The van der Waals surface area contributed by atoms with Crippen LogP contribution in [0.5, 0.6) is 11.6 Å². The summed E-state index contributed by atoms with van der Waals surface area (Å²) < 4.78 is 6.06. The van der Waals surface area contributed by atoms with Crippen LogP contribution in [0, 0.1) is 6.92 Å². The third kappa shape index (κ3) is 4.41. The molecule has 0 saturated carbocycles. The quantitative estimate of drug-likeness (QED) is 0.358. The van der Waals surface area contributed by atoms with Gasteiger partial charge in [-0.15, -0.1) is 0 Å². The highest BCUT2D eigenvalue weighted by atomic mass is 35.5. The molecular weight excluding hydrogens is 380 g/mol. The van der Waals surface area contributed by atoms with Gasteiger partial charge in [-0.05, 0) is 72.7 Å². The van der Waals surface area contributed by atoms with Gasteiger partial charge in [0.25, 0.3) is 0 Å². The molecule has 0 unspecified atom stereocenters. The molecule has 146 valence electrons. The van der Waals surface area contributed by atoms with Crippen LogP contribution in [0.15, 0.2) is 67.0 Å². The zero-order valence-electron chi connectivity index (χ0n) is 16.7. The molecule has 0 fully saturated rings. The lowest BCUT2D eigenvalue weighted by atomic mass is 9.96. The number of halogens is 1. The highest BCUT2D eigenvalue weighted by Crippen LogP contribution is 2.33. The molecule has 29 heavy (non-hydrogen) atoms. The Morgan fingerprint density at radius 3 is 2.52 bits per heavy atom. The number of aryl methyl sites for hydroxylation is 4. The third-order valence-corrected chi connectivity index (χ3v) is 5.35. The molecule has 0 saturated heterocycles. The molecule has 3 nitrogen and oxygen atoms in total. The van der Waals surface area contributed by atoms with Crippen molar-refractivity contribution in [1.82, 2.24) is 9.97 Å². The first-order valence-electron chi connectivity index (χ1n) is 9.88. The first kappa shape index (κ1) is 19.4. The summed E-state index contributed by atoms with van der Waals surface area (Å²) in [5, 5.41) is 1.48. The Morgan fingerprint density at radius 2 is 1.76 bits per heavy atom. The molecule has 2 heterocycles. The van der Waals surface area contributed by atoms with Crippen LogP contribution in [-0.4, -0.2) is 9.97 Å². The summed E-state index contributed by atoms with van der Waals surface area (Å²) in [6.07, 6.45) is 6.48. The molecule has 4 heteroatoms. The Labute approximate surface area is 176 Å². The molecule has 0 aliphatic heterocycles. The standard InChI is InChI=1S/C25H23ClN2O/c1-3-19-14-21-23(15-20(19)10-9-18-7-5-4-6-8-18)27-12-11-24(21)29-25-22(26)13-17(2)16-28-25/h4-8,11-16H,3,9-10H2,1-2H3. The molecule has 0 amide bonds. The number of pyridine rings is 2. The molecule has 0 spiro atoms. The maximum absolute atomic E-state index is 6.31. The van der Waals surface area contributed by atoms with Crippen molar-refractivity contribution in [3.63, 3.8) is 0 Å². The number of hydrogen-bond donors (Lipinski definition) is 0. The van der Waals surface area contributed by atoms with Crippen LogP contribution < -0.4 is 4.74 Å². The van der Waals surface area contributed by atoms with E-state index in [1.807, 2.05) is 19.1 Å². The maximum atomic E-state index is 6.31. The molecule has 2 aromatic heterocycles. The lowest BCUT2D eigenvalue weighted by Gasteiger charge is -2.13. The number of benzene rings is 2. The van der Waals surface area contributed by atoms with Gasteiger partial charge < -0.3 is 4.74 Å². The number of rotatable bonds is 6. The van der Waals surface area contributed by atoms with Crippen molar-refractivity contribution >= 4 is 22.5 Å². The molecule has 0 radical (unpaired) electrons. The fourth-order valence-corrected chi connectivity index (χ4v) is 3.79. The van der Waals surface area contributed by atoms with Gasteiger partial charge in [-0.2, -0.15) is 0 Å². The Bertz CT molecular complexity index is 1140. The van der Waals surface area contributed by atoms with E-state index < -0.39 is 0 Å². The van der Waals surface area contributed by atoms with Crippen molar-refractivity contribution in [2.45, 2.75) is 33.1 Å². The normalized spacial score (nSPS) is 11.0.